The highest BCUT2D eigenvalue weighted by Gasteiger charge is 2.16. The van der Waals surface area contributed by atoms with Crippen LogP contribution in [0.3, 0.4) is 0 Å². The number of likely N-dealkylation sites (N-methyl/N-ethyl adjacent to an activating group) is 5. The monoisotopic (exact) mass is 1140 g/mol. The second kappa shape index (κ2) is 30.1. The summed E-state index contributed by atoms with van der Waals surface area (Å²) in [4.78, 5) is 10.9. The Morgan fingerprint density at radius 2 is 0.798 bits per heavy atom. The predicted molar refractivity (Wildman–Crippen MR) is 349 cm³/mol. The Morgan fingerprint density at radius 3 is 1.29 bits per heavy atom. The molecule has 444 valence electrons. The highest BCUT2D eigenvalue weighted by Crippen LogP contribution is 2.36. The fourth-order valence-corrected chi connectivity index (χ4v) is 9.97. The van der Waals surface area contributed by atoms with Gasteiger partial charge in [-0.05, 0) is 186 Å². The maximum Gasteiger partial charge on any atom is 0.231 e. The van der Waals surface area contributed by atoms with Crippen LogP contribution in [0.15, 0.2) is 177 Å². The van der Waals surface area contributed by atoms with Crippen molar-refractivity contribution in [3.63, 3.8) is 0 Å². The second-order valence-electron chi connectivity index (χ2n) is 23.1. The molecule has 5 aromatic heterocycles. The zero-order chi connectivity index (χ0) is 59.7. The lowest BCUT2D eigenvalue weighted by molar-refractivity contribution is 0.174. The fourth-order valence-electron chi connectivity index (χ4n) is 9.97. The third-order valence-electron chi connectivity index (χ3n) is 14.8. The van der Waals surface area contributed by atoms with Crippen LogP contribution in [0, 0.1) is 19.7 Å². The van der Waals surface area contributed by atoms with E-state index in [1.165, 1.54) is 66.4 Å². The predicted octanol–water partition coefficient (Wildman–Crippen LogP) is 13.1. The van der Waals surface area contributed by atoms with E-state index in [4.69, 9.17) is 14.2 Å². The number of nitrogens with zero attached hydrogens (tertiary/aromatic N) is 10. The van der Waals surface area contributed by atoms with Crippen molar-refractivity contribution >= 4 is 54.5 Å². The lowest BCUT2D eigenvalue weighted by Crippen LogP contribution is -2.18. The molecule has 6 aromatic carbocycles. The summed E-state index contributed by atoms with van der Waals surface area (Å²) in [5.74, 6) is 2.48. The molecule has 1 aliphatic rings. The Morgan fingerprint density at radius 1 is 0.393 bits per heavy atom. The van der Waals surface area contributed by atoms with Gasteiger partial charge in [-0.15, -0.1) is 0 Å². The normalized spacial score (nSPS) is 11.9. The highest BCUT2D eigenvalue weighted by molar-refractivity contribution is 5.87. The van der Waals surface area contributed by atoms with Crippen molar-refractivity contribution < 1.29 is 18.6 Å². The summed E-state index contributed by atoms with van der Waals surface area (Å²) in [7, 11) is 20.9. The SMILES string of the molecule is CN(C)CCn1ccc2cc(F)ccc21.CN(C)CCn1ccc2cc3c(cc21)OCO3.CN(C)CCn1ccc2cccc(OCc3ccccc3)c21.Cc1ccc2c(ccn2CCN(C)C)c1.Cc1ccc2c(ccn2CCN(C)C)c1. The van der Waals surface area contributed by atoms with Crippen LogP contribution in [0.25, 0.3) is 54.5 Å². The maximum absolute atomic E-state index is 12.9. The van der Waals surface area contributed by atoms with Gasteiger partial charge in [0.2, 0.25) is 6.79 Å². The van der Waals surface area contributed by atoms with Crippen molar-refractivity contribution in [1.29, 1.82) is 0 Å². The number of hydrogen-bond acceptors (Lipinski definition) is 8. The summed E-state index contributed by atoms with van der Waals surface area (Å²) in [6.45, 7) is 15.4. The van der Waals surface area contributed by atoms with E-state index in [1.807, 2.05) is 56.7 Å². The van der Waals surface area contributed by atoms with Gasteiger partial charge < -0.3 is 61.5 Å². The molecule has 0 fully saturated rings. The van der Waals surface area contributed by atoms with E-state index < -0.39 is 0 Å². The molecule has 6 heterocycles. The Labute approximate surface area is 497 Å². The summed E-state index contributed by atoms with van der Waals surface area (Å²) >= 11 is 0. The molecule has 0 spiro atoms. The van der Waals surface area contributed by atoms with E-state index in [-0.39, 0.29) is 5.82 Å². The molecule has 11 aromatic rings. The summed E-state index contributed by atoms with van der Waals surface area (Å²) in [6, 6.07) is 49.4. The average Bonchev–Trinajstić information content (AvgIpc) is 4.55. The molecule has 0 saturated heterocycles. The van der Waals surface area contributed by atoms with Gasteiger partial charge in [0, 0.05) is 135 Å². The van der Waals surface area contributed by atoms with E-state index in [9.17, 15) is 4.39 Å². The van der Waals surface area contributed by atoms with Gasteiger partial charge in [-0.25, -0.2) is 4.39 Å². The molecular formula is C70H89FN10O3. The first-order valence-corrected chi connectivity index (χ1v) is 29.2. The van der Waals surface area contributed by atoms with Crippen LogP contribution in [-0.2, 0) is 39.3 Å². The van der Waals surface area contributed by atoms with Gasteiger partial charge >= 0.3 is 0 Å². The molecular weight excluding hydrogens is 1050 g/mol. The van der Waals surface area contributed by atoms with E-state index in [0.29, 0.717) is 13.4 Å². The van der Waals surface area contributed by atoms with E-state index in [0.717, 1.165) is 93.6 Å². The van der Waals surface area contributed by atoms with Crippen LogP contribution in [0.2, 0.25) is 0 Å². The molecule has 0 bridgehead atoms. The maximum atomic E-state index is 12.9. The molecule has 0 atom stereocenters. The second-order valence-corrected chi connectivity index (χ2v) is 23.1. The minimum atomic E-state index is -0.173. The van der Waals surface area contributed by atoms with Gasteiger partial charge in [0.05, 0.1) is 11.0 Å². The minimum Gasteiger partial charge on any atom is -0.487 e. The number of ether oxygens (including phenoxy) is 3. The molecule has 0 amide bonds. The van der Waals surface area contributed by atoms with Gasteiger partial charge in [-0.2, -0.15) is 0 Å². The molecule has 14 heteroatoms. The van der Waals surface area contributed by atoms with Gasteiger partial charge in [-0.1, -0.05) is 65.7 Å². The molecule has 0 saturated carbocycles. The summed E-state index contributed by atoms with van der Waals surface area (Å²) in [5.41, 5.74) is 9.99. The van der Waals surface area contributed by atoms with Crippen LogP contribution < -0.4 is 14.2 Å². The summed E-state index contributed by atoms with van der Waals surface area (Å²) < 4.78 is 41.1. The lowest BCUT2D eigenvalue weighted by Gasteiger charge is -2.14. The molecule has 0 aliphatic carbocycles. The third kappa shape index (κ3) is 17.6. The van der Waals surface area contributed by atoms with Crippen molar-refractivity contribution in [2.45, 2.75) is 53.2 Å². The summed E-state index contributed by atoms with van der Waals surface area (Å²) in [6.07, 6.45) is 10.6. The lowest BCUT2D eigenvalue weighted by atomic mass is 10.2. The topological polar surface area (TPSA) is 68.5 Å². The first-order chi connectivity index (χ1) is 40.5. The van der Waals surface area contributed by atoms with Gasteiger partial charge in [0.25, 0.3) is 0 Å². The third-order valence-corrected chi connectivity index (χ3v) is 14.8. The Kier molecular flexibility index (Phi) is 22.3. The largest absolute Gasteiger partial charge is 0.487 e. The van der Waals surface area contributed by atoms with Gasteiger partial charge in [0.1, 0.15) is 18.2 Å². The van der Waals surface area contributed by atoms with Crippen LogP contribution >= 0.6 is 0 Å². The minimum absolute atomic E-state index is 0.173. The van der Waals surface area contributed by atoms with Crippen LogP contribution in [0.1, 0.15) is 16.7 Å². The van der Waals surface area contributed by atoms with Crippen molar-refractivity contribution in [1.82, 2.24) is 47.3 Å². The van der Waals surface area contributed by atoms with Gasteiger partial charge in [0.15, 0.2) is 11.5 Å². The number of aryl methyl sites for hydroxylation is 2. The molecule has 0 unspecified atom stereocenters. The number of para-hydroxylation sites is 1. The van der Waals surface area contributed by atoms with E-state index in [1.54, 1.807) is 6.07 Å². The average molecular weight is 1140 g/mol. The van der Waals surface area contributed by atoms with Crippen molar-refractivity contribution in [3.05, 3.63) is 199 Å². The van der Waals surface area contributed by atoms with Crippen molar-refractivity contribution in [3.8, 4) is 17.2 Å². The zero-order valence-corrected chi connectivity index (χ0v) is 51.8. The first kappa shape index (κ1) is 62.2. The van der Waals surface area contributed by atoms with E-state index >= 15 is 0 Å². The summed E-state index contributed by atoms with van der Waals surface area (Å²) in [5, 5.41) is 6.08. The number of fused-ring (bicyclic) bond motifs is 6. The van der Waals surface area contributed by atoms with Crippen molar-refractivity contribution in [2.24, 2.45) is 0 Å². The zero-order valence-electron chi connectivity index (χ0n) is 51.8. The molecule has 12 rings (SSSR count). The Bertz CT molecular complexity index is 3580. The number of hydrogen-bond donors (Lipinski definition) is 0. The van der Waals surface area contributed by atoms with Crippen molar-refractivity contribution in [2.75, 3.05) is 110 Å². The molecule has 0 N–H and O–H groups in total. The number of rotatable bonds is 18. The Balaban J connectivity index is 0.000000138. The highest BCUT2D eigenvalue weighted by atomic mass is 19.1. The quantitative estimate of drug-likeness (QED) is 0.0842. The van der Waals surface area contributed by atoms with Crippen LogP contribution in [-0.4, -0.2) is 157 Å². The van der Waals surface area contributed by atoms with Crippen LogP contribution in [0.5, 0.6) is 17.2 Å². The van der Waals surface area contributed by atoms with Crippen LogP contribution in [0.4, 0.5) is 4.39 Å². The first-order valence-electron chi connectivity index (χ1n) is 29.2. The fraction of sp³-hybridized carbons (Fsp3) is 0.343. The molecule has 84 heavy (non-hydrogen) atoms. The Hall–Kier alpha value is -7.85. The number of benzene rings is 6. The smallest absolute Gasteiger partial charge is 0.231 e. The molecule has 0 radical (unpaired) electrons. The molecule has 13 nitrogen and oxygen atoms in total. The number of halogens is 1. The number of aromatic nitrogens is 5. The van der Waals surface area contributed by atoms with E-state index in [2.05, 4.69) is 239 Å². The standard InChI is InChI=1S/C19H22N2O.C13H16N2O2.2C13H18N2.C12H15FN2/c1-20(2)13-14-21-12-11-17-9-6-10-18(19(17)21)22-15-16-7-4-3-5-8-16;1-14(2)5-6-15-4-3-10-7-12-13(8-11(10)15)17-9-16-12;2*1-11-4-5-13-12(10-11)6-7-15(13)9-8-14(2)3;1-14(2)7-8-15-6-5-10-9-11(13)3-4-12(10)15/h3-12H,13-15H2,1-2H3;3-4,7-8H,5-6,9H2,1-2H3;2*4-7,10H,8-9H2,1-3H3;3-6,9H,7-8H2,1-2H3. The van der Waals surface area contributed by atoms with Gasteiger partial charge in [-0.3, -0.25) is 0 Å². The molecule has 1 aliphatic heterocycles.